The van der Waals surface area contributed by atoms with Gasteiger partial charge < -0.3 is 15.3 Å². The number of Topliss-reactive ketones (excluding diaryl/α,β-unsaturated/α-hetero) is 1. The number of hydrogen-bond acceptors (Lipinski definition) is 4. The lowest BCUT2D eigenvalue weighted by atomic mass is 9.94. The first-order valence-corrected chi connectivity index (χ1v) is 6.43. The van der Waals surface area contributed by atoms with Gasteiger partial charge in [0.25, 0.3) is 11.7 Å². The molecule has 2 aliphatic heterocycles. The maximum absolute atomic E-state index is 11.5. The van der Waals surface area contributed by atoms with Crippen LogP contribution in [0.15, 0.2) is 18.2 Å². The van der Waals surface area contributed by atoms with E-state index in [1.165, 1.54) is 0 Å². The predicted molar refractivity (Wildman–Crippen MR) is 71.5 cm³/mol. The molecule has 2 aliphatic rings. The van der Waals surface area contributed by atoms with E-state index in [1.54, 1.807) is 12.1 Å². The number of rotatable bonds is 1. The van der Waals surface area contributed by atoms with E-state index in [-0.39, 0.29) is 0 Å². The third-order valence-corrected chi connectivity index (χ3v) is 3.74. The monoisotopic (exact) mass is 260 g/mol. The quantitative estimate of drug-likeness (QED) is 0.744. The first-order chi connectivity index (χ1) is 8.96. The summed E-state index contributed by atoms with van der Waals surface area (Å²) in [6.45, 7) is 3.27. The standard InChI is InChI=1S/C14H16N2O3/c1-14(19)5-2-6-16(8-14)9-3-4-10-11(7-9)15-13(18)12(10)17/h3-4,7,19H,2,5-6,8H2,1H3,(H,15,17,18). The summed E-state index contributed by atoms with van der Waals surface area (Å²) in [6.07, 6.45) is 1.72. The van der Waals surface area contributed by atoms with E-state index in [2.05, 4.69) is 10.2 Å². The Morgan fingerprint density at radius 1 is 1.37 bits per heavy atom. The summed E-state index contributed by atoms with van der Waals surface area (Å²) in [5.74, 6) is -1.05. The highest BCUT2D eigenvalue weighted by Crippen LogP contribution is 2.31. The topological polar surface area (TPSA) is 69.6 Å². The van der Waals surface area contributed by atoms with Crippen molar-refractivity contribution >= 4 is 23.1 Å². The Hall–Kier alpha value is -1.88. The summed E-state index contributed by atoms with van der Waals surface area (Å²) in [5, 5.41) is 12.7. The molecule has 1 atom stereocenters. The van der Waals surface area contributed by atoms with E-state index in [4.69, 9.17) is 0 Å². The van der Waals surface area contributed by atoms with Crippen molar-refractivity contribution in [2.75, 3.05) is 23.3 Å². The first-order valence-electron chi connectivity index (χ1n) is 6.43. The molecule has 1 saturated heterocycles. The average Bonchev–Trinajstić information content (AvgIpc) is 2.63. The van der Waals surface area contributed by atoms with E-state index >= 15 is 0 Å². The van der Waals surface area contributed by atoms with Gasteiger partial charge in [-0.25, -0.2) is 0 Å². The van der Waals surface area contributed by atoms with Gasteiger partial charge in [-0.3, -0.25) is 9.59 Å². The number of ketones is 1. The maximum Gasteiger partial charge on any atom is 0.296 e. The summed E-state index contributed by atoms with van der Waals surface area (Å²) in [5.41, 5.74) is 1.24. The summed E-state index contributed by atoms with van der Waals surface area (Å²) in [7, 11) is 0. The number of fused-ring (bicyclic) bond motifs is 1. The van der Waals surface area contributed by atoms with Gasteiger partial charge in [0.05, 0.1) is 16.9 Å². The Morgan fingerprint density at radius 3 is 2.89 bits per heavy atom. The van der Waals surface area contributed by atoms with Crippen LogP contribution in [0.2, 0.25) is 0 Å². The van der Waals surface area contributed by atoms with Crippen LogP contribution in [0.5, 0.6) is 0 Å². The minimum absolute atomic E-state index is 0.428. The number of amides is 1. The van der Waals surface area contributed by atoms with Crippen molar-refractivity contribution in [2.24, 2.45) is 0 Å². The Labute approximate surface area is 111 Å². The summed E-state index contributed by atoms with van der Waals surface area (Å²) < 4.78 is 0. The molecule has 1 unspecified atom stereocenters. The largest absolute Gasteiger partial charge is 0.388 e. The van der Waals surface area contributed by atoms with Crippen molar-refractivity contribution in [3.63, 3.8) is 0 Å². The van der Waals surface area contributed by atoms with Gasteiger partial charge in [0.15, 0.2) is 0 Å². The molecule has 1 amide bonds. The van der Waals surface area contributed by atoms with E-state index < -0.39 is 17.3 Å². The molecule has 0 saturated carbocycles. The molecule has 1 aromatic rings. The molecule has 2 heterocycles. The second-order valence-electron chi connectivity index (χ2n) is 5.54. The summed E-state index contributed by atoms with van der Waals surface area (Å²) >= 11 is 0. The second-order valence-corrected chi connectivity index (χ2v) is 5.54. The van der Waals surface area contributed by atoms with E-state index in [0.717, 1.165) is 25.1 Å². The van der Waals surface area contributed by atoms with Gasteiger partial charge >= 0.3 is 0 Å². The van der Waals surface area contributed by atoms with Crippen LogP contribution in [0.1, 0.15) is 30.1 Å². The fourth-order valence-electron chi connectivity index (χ4n) is 2.77. The van der Waals surface area contributed by atoms with Crippen molar-refractivity contribution in [1.82, 2.24) is 0 Å². The number of benzene rings is 1. The number of piperidine rings is 1. The number of hydrogen-bond donors (Lipinski definition) is 2. The molecule has 0 aromatic heterocycles. The molecule has 19 heavy (non-hydrogen) atoms. The molecule has 0 radical (unpaired) electrons. The SMILES string of the molecule is CC1(O)CCCN(c2ccc3c(c2)NC(=O)C3=O)C1. The lowest BCUT2D eigenvalue weighted by molar-refractivity contribution is -0.112. The zero-order valence-electron chi connectivity index (χ0n) is 10.8. The van der Waals surface area contributed by atoms with Gasteiger partial charge in [0.2, 0.25) is 0 Å². The van der Waals surface area contributed by atoms with Crippen LogP contribution >= 0.6 is 0 Å². The van der Waals surface area contributed by atoms with Crippen LogP contribution in [-0.2, 0) is 4.79 Å². The van der Waals surface area contributed by atoms with E-state index in [1.807, 2.05) is 13.0 Å². The van der Waals surface area contributed by atoms with Gasteiger partial charge in [0.1, 0.15) is 0 Å². The van der Waals surface area contributed by atoms with Gasteiger partial charge in [-0.2, -0.15) is 0 Å². The van der Waals surface area contributed by atoms with Crippen LogP contribution < -0.4 is 10.2 Å². The van der Waals surface area contributed by atoms with Crippen LogP contribution in [0.25, 0.3) is 0 Å². The van der Waals surface area contributed by atoms with Gasteiger partial charge in [-0.1, -0.05) is 0 Å². The third-order valence-electron chi connectivity index (χ3n) is 3.74. The van der Waals surface area contributed by atoms with Crippen LogP contribution in [0.4, 0.5) is 11.4 Å². The lowest BCUT2D eigenvalue weighted by Crippen LogP contribution is -2.46. The smallest absolute Gasteiger partial charge is 0.296 e. The second kappa shape index (κ2) is 4.06. The Balaban J connectivity index is 1.90. The zero-order chi connectivity index (χ0) is 13.6. The van der Waals surface area contributed by atoms with Gasteiger partial charge in [0, 0.05) is 18.8 Å². The number of carbonyl (C=O) groups excluding carboxylic acids is 2. The van der Waals surface area contributed by atoms with Crippen molar-refractivity contribution < 1.29 is 14.7 Å². The molecule has 0 bridgehead atoms. The number of aliphatic hydroxyl groups is 1. The number of nitrogens with zero attached hydrogens (tertiary/aromatic N) is 1. The number of nitrogens with one attached hydrogen (secondary N) is 1. The molecule has 1 fully saturated rings. The first kappa shape index (κ1) is 12.2. The molecule has 0 aliphatic carbocycles. The van der Waals surface area contributed by atoms with Crippen molar-refractivity contribution in [3.8, 4) is 0 Å². The minimum Gasteiger partial charge on any atom is -0.388 e. The third kappa shape index (κ3) is 2.10. The Bertz CT molecular complexity index is 566. The molecule has 5 nitrogen and oxygen atoms in total. The molecule has 100 valence electrons. The van der Waals surface area contributed by atoms with Crippen molar-refractivity contribution in [2.45, 2.75) is 25.4 Å². The zero-order valence-corrected chi connectivity index (χ0v) is 10.8. The molecule has 5 heteroatoms. The van der Waals surface area contributed by atoms with Crippen LogP contribution in [0.3, 0.4) is 0 Å². The molecular formula is C14H16N2O3. The van der Waals surface area contributed by atoms with Gasteiger partial charge in [-0.05, 0) is 38.0 Å². The van der Waals surface area contributed by atoms with Crippen molar-refractivity contribution in [3.05, 3.63) is 23.8 Å². The maximum atomic E-state index is 11.5. The van der Waals surface area contributed by atoms with Crippen LogP contribution in [0, 0.1) is 0 Å². The molecule has 2 N–H and O–H groups in total. The highest BCUT2D eigenvalue weighted by molar-refractivity contribution is 6.51. The number of carbonyl (C=O) groups is 2. The summed E-state index contributed by atoms with van der Waals surface area (Å²) in [6, 6.07) is 5.31. The van der Waals surface area contributed by atoms with E-state index in [9.17, 15) is 14.7 Å². The fourth-order valence-corrected chi connectivity index (χ4v) is 2.77. The van der Waals surface area contributed by atoms with Gasteiger partial charge in [-0.15, -0.1) is 0 Å². The Morgan fingerprint density at radius 2 is 2.16 bits per heavy atom. The minimum atomic E-state index is -0.684. The summed E-state index contributed by atoms with van der Waals surface area (Å²) in [4.78, 5) is 24.9. The normalized spacial score (nSPS) is 26.3. The van der Waals surface area contributed by atoms with Crippen molar-refractivity contribution in [1.29, 1.82) is 0 Å². The fraction of sp³-hybridized carbons (Fsp3) is 0.429. The predicted octanol–water partition coefficient (Wildman–Crippen LogP) is 1.17. The molecule has 1 aromatic carbocycles. The molecular weight excluding hydrogens is 244 g/mol. The van der Waals surface area contributed by atoms with E-state index in [0.29, 0.717) is 17.8 Å². The highest BCUT2D eigenvalue weighted by Gasteiger charge is 2.31. The lowest BCUT2D eigenvalue weighted by Gasteiger charge is -2.38. The van der Waals surface area contributed by atoms with Crippen LogP contribution in [-0.4, -0.2) is 35.5 Å². The average molecular weight is 260 g/mol. The number of anilines is 2. The molecule has 0 spiro atoms. The highest BCUT2D eigenvalue weighted by atomic mass is 16.3. The Kier molecular flexibility index (Phi) is 2.60. The number of β-amino-alcohol motifs (C(OH)–C–C–N with tert-alkyl or cyclic N) is 1. The molecule has 3 rings (SSSR count).